The first-order valence-electron chi connectivity index (χ1n) is 13.6. The van der Waals surface area contributed by atoms with E-state index < -0.39 is 0 Å². The number of hydrogen-bond acceptors (Lipinski definition) is 5. The van der Waals surface area contributed by atoms with Crippen molar-refractivity contribution in [3.8, 4) is 0 Å². The molecule has 4 aromatic rings. The van der Waals surface area contributed by atoms with Crippen LogP contribution in [-0.4, -0.2) is 36.6 Å². The fourth-order valence-electron chi connectivity index (χ4n) is 6.00. The quantitative estimate of drug-likeness (QED) is 0.318. The molecule has 1 N–H and O–H groups in total. The van der Waals surface area contributed by atoms with Crippen LogP contribution >= 0.6 is 0 Å². The number of aryl methyl sites for hydroxylation is 3. The maximum absolute atomic E-state index is 13.3. The Morgan fingerprint density at radius 1 is 1.05 bits per heavy atom. The Bertz CT molecular complexity index is 1430. The summed E-state index contributed by atoms with van der Waals surface area (Å²) in [7, 11) is 0. The van der Waals surface area contributed by atoms with Gasteiger partial charge >= 0.3 is 0 Å². The van der Waals surface area contributed by atoms with E-state index in [-0.39, 0.29) is 11.6 Å². The summed E-state index contributed by atoms with van der Waals surface area (Å²) in [5.41, 5.74) is 6.59. The minimum atomic E-state index is -0.0226. The van der Waals surface area contributed by atoms with Crippen LogP contribution in [0.1, 0.15) is 84.8 Å². The minimum Gasteiger partial charge on any atom is -0.321 e. The molecule has 0 amide bonds. The molecule has 5 rings (SSSR count). The van der Waals surface area contributed by atoms with Crippen molar-refractivity contribution in [3.63, 3.8) is 0 Å². The molecule has 7 heteroatoms. The Hall–Kier alpha value is -3.32. The Labute approximate surface area is 218 Å². The van der Waals surface area contributed by atoms with Gasteiger partial charge in [-0.3, -0.25) is 9.69 Å². The summed E-state index contributed by atoms with van der Waals surface area (Å²) >= 11 is 0. The minimum absolute atomic E-state index is 0.0222. The Morgan fingerprint density at radius 3 is 2.59 bits per heavy atom. The van der Waals surface area contributed by atoms with E-state index in [1.807, 2.05) is 0 Å². The van der Waals surface area contributed by atoms with Crippen LogP contribution in [0, 0.1) is 20.8 Å². The predicted molar refractivity (Wildman–Crippen MR) is 148 cm³/mol. The summed E-state index contributed by atoms with van der Waals surface area (Å²) in [4.78, 5) is 18.8. The molecule has 7 nitrogen and oxygen atoms in total. The highest BCUT2D eigenvalue weighted by Gasteiger charge is 2.29. The molecule has 194 valence electrons. The first-order chi connectivity index (χ1) is 17.9. The number of aromatic amines is 1. The number of rotatable bonds is 9. The Morgan fingerprint density at radius 2 is 1.84 bits per heavy atom. The summed E-state index contributed by atoms with van der Waals surface area (Å²) in [5.74, 6) is 0.920. The molecule has 2 heterocycles. The largest absolute Gasteiger partial charge is 0.321 e. The highest BCUT2D eigenvalue weighted by atomic mass is 16.1. The predicted octanol–water partition coefficient (Wildman–Crippen LogP) is 5.75. The van der Waals surface area contributed by atoms with Gasteiger partial charge in [-0.15, -0.1) is 5.10 Å². The summed E-state index contributed by atoms with van der Waals surface area (Å²) in [6.07, 6.45) is 6.47. The number of nitrogens with zero attached hydrogens (tertiary/aromatic N) is 5. The smallest absolute Gasteiger partial charge is 0.252 e. The highest BCUT2D eigenvalue weighted by Crippen LogP contribution is 2.33. The Kier molecular flexibility index (Phi) is 7.51. The second-order valence-electron chi connectivity index (χ2n) is 10.7. The molecule has 1 atom stereocenters. The summed E-state index contributed by atoms with van der Waals surface area (Å²) < 4.78 is 2.07. The van der Waals surface area contributed by atoms with Gasteiger partial charge in [0.15, 0.2) is 5.82 Å². The van der Waals surface area contributed by atoms with Crippen molar-refractivity contribution in [2.24, 2.45) is 0 Å². The topological polar surface area (TPSA) is 79.7 Å². The third kappa shape index (κ3) is 5.37. The normalized spacial score (nSPS) is 15.2. The van der Waals surface area contributed by atoms with Gasteiger partial charge in [0.1, 0.15) is 0 Å². The molecule has 1 aliphatic carbocycles. The van der Waals surface area contributed by atoms with E-state index in [4.69, 9.17) is 0 Å². The van der Waals surface area contributed by atoms with E-state index in [1.165, 1.54) is 29.5 Å². The molecule has 2 aromatic heterocycles. The standard InChI is InChI=1S/C30H38N6O/c1-5-27(29-32-33-34-36(29)26-12-8-9-13-26)35(15-14-23-11-7-6-10-21(23)3)19-25-18-24-17-20(2)16-22(4)28(24)31-30(25)37/h6-7,10-11,16-18,26-27H,5,8-9,12-15,19H2,1-4H3,(H,31,37). The van der Waals surface area contributed by atoms with Crippen LogP contribution in [0.3, 0.4) is 0 Å². The number of nitrogens with one attached hydrogen (secondary N) is 1. The van der Waals surface area contributed by atoms with Crippen LogP contribution in [0.15, 0.2) is 47.3 Å². The second kappa shape index (κ2) is 11.0. The molecular weight excluding hydrogens is 460 g/mol. The van der Waals surface area contributed by atoms with Crippen LogP contribution < -0.4 is 5.56 Å². The van der Waals surface area contributed by atoms with E-state index in [9.17, 15) is 4.79 Å². The van der Waals surface area contributed by atoms with E-state index >= 15 is 0 Å². The van der Waals surface area contributed by atoms with Crippen LogP contribution in [-0.2, 0) is 13.0 Å². The summed E-state index contributed by atoms with van der Waals surface area (Å²) in [5, 5.41) is 14.1. The van der Waals surface area contributed by atoms with Crippen LogP contribution in [0.5, 0.6) is 0 Å². The van der Waals surface area contributed by atoms with Gasteiger partial charge in [-0.25, -0.2) is 4.68 Å². The summed E-state index contributed by atoms with van der Waals surface area (Å²) in [6.45, 7) is 9.86. The van der Waals surface area contributed by atoms with Gasteiger partial charge in [0.2, 0.25) is 0 Å². The number of benzene rings is 2. The van der Waals surface area contributed by atoms with Crippen molar-refractivity contribution < 1.29 is 0 Å². The number of aromatic nitrogens is 5. The lowest BCUT2D eigenvalue weighted by Gasteiger charge is -2.31. The van der Waals surface area contributed by atoms with E-state index in [0.717, 1.165) is 60.1 Å². The number of H-pyrrole nitrogens is 1. The van der Waals surface area contributed by atoms with Crippen LogP contribution in [0.4, 0.5) is 0 Å². The zero-order valence-electron chi connectivity index (χ0n) is 22.5. The molecule has 0 bridgehead atoms. The lowest BCUT2D eigenvalue weighted by atomic mass is 10.0. The highest BCUT2D eigenvalue weighted by molar-refractivity contribution is 5.82. The first kappa shape index (κ1) is 25.3. The molecule has 2 aromatic carbocycles. The second-order valence-corrected chi connectivity index (χ2v) is 10.7. The molecule has 0 radical (unpaired) electrons. The zero-order chi connectivity index (χ0) is 25.9. The van der Waals surface area contributed by atoms with Crippen LogP contribution in [0.2, 0.25) is 0 Å². The van der Waals surface area contributed by atoms with E-state index in [2.05, 4.69) is 100 Å². The maximum atomic E-state index is 13.3. The van der Waals surface area contributed by atoms with Crippen molar-refractivity contribution in [2.45, 2.75) is 84.8 Å². The third-order valence-corrected chi connectivity index (χ3v) is 7.99. The fraction of sp³-hybridized carbons (Fsp3) is 0.467. The van der Waals surface area contributed by atoms with Crippen molar-refractivity contribution in [2.75, 3.05) is 6.54 Å². The first-order valence-corrected chi connectivity index (χ1v) is 13.6. The van der Waals surface area contributed by atoms with Gasteiger partial charge in [0.05, 0.1) is 17.6 Å². The number of tetrazole rings is 1. The average molecular weight is 499 g/mol. The molecule has 0 spiro atoms. The van der Waals surface area contributed by atoms with Crippen molar-refractivity contribution in [1.82, 2.24) is 30.1 Å². The van der Waals surface area contributed by atoms with Gasteiger partial charge in [-0.05, 0) is 91.1 Å². The summed E-state index contributed by atoms with van der Waals surface area (Å²) in [6, 6.07) is 15.3. The van der Waals surface area contributed by atoms with Crippen molar-refractivity contribution in [3.05, 3.63) is 86.5 Å². The molecule has 0 aliphatic heterocycles. The lowest BCUT2D eigenvalue weighted by Crippen LogP contribution is -2.34. The zero-order valence-corrected chi connectivity index (χ0v) is 22.5. The van der Waals surface area contributed by atoms with Gasteiger partial charge in [-0.1, -0.05) is 55.7 Å². The van der Waals surface area contributed by atoms with Gasteiger partial charge < -0.3 is 4.98 Å². The van der Waals surface area contributed by atoms with Crippen molar-refractivity contribution in [1.29, 1.82) is 0 Å². The number of fused-ring (bicyclic) bond motifs is 1. The molecule has 1 unspecified atom stereocenters. The third-order valence-electron chi connectivity index (χ3n) is 7.99. The van der Waals surface area contributed by atoms with Gasteiger partial charge in [-0.2, -0.15) is 0 Å². The number of pyridine rings is 1. The van der Waals surface area contributed by atoms with Gasteiger partial charge in [0.25, 0.3) is 5.56 Å². The lowest BCUT2D eigenvalue weighted by molar-refractivity contribution is 0.169. The van der Waals surface area contributed by atoms with Crippen LogP contribution in [0.25, 0.3) is 10.9 Å². The van der Waals surface area contributed by atoms with Crippen molar-refractivity contribution >= 4 is 10.9 Å². The SMILES string of the molecule is CCC(c1nnnn1C1CCCC1)N(CCc1ccccc1C)Cc1cc2cc(C)cc(C)c2[nH]c1=O. The monoisotopic (exact) mass is 498 g/mol. The molecule has 1 fully saturated rings. The molecule has 1 aliphatic rings. The molecule has 0 saturated heterocycles. The van der Waals surface area contributed by atoms with Gasteiger partial charge in [0, 0.05) is 18.7 Å². The number of hydrogen-bond donors (Lipinski definition) is 1. The average Bonchev–Trinajstić information content (AvgIpc) is 3.57. The molecule has 1 saturated carbocycles. The fourth-order valence-corrected chi connectivity index (χ4v) is 6.00. The Balaban J connectivity index is 1.51. The van der Waals surface area contributed by atoms with E-state index in [0.29, 0.717) is 12.6 Å². The molecule has 37 heavy (non-hydrogen) atoms. The van der Waals surface area contributed by atoms with E-state index in [1.54, 1.807) is 0 Å². The maximum Gasteiger partial charge on any atom is 0.252 e. The molecular formula is C30H38N6O.